The summed E-state index contributed by atoms with van der Waals surface area (Å²) in [5.41, 5.74) is 2.83. The average Bonchev–Trinajstić information content (AvgIpc) is 3.03. The molecule has 228 valence electrons. The third-order valence-corrected chi connectivity index (χ3v) is 7.67. The Kier molecular flexibility index (Phi) is 9.18. The Labute approximate surface area is 253 Å². The molecule has 0 aliphatic carbocycles. The van der Waals surface area contributed by atoms with Crippen LogP contribution < -0.4 is 20.4 Å². The molecule has 0 bridgehead atoms. The fourth-order valence-electron chi connectivity index (χ4n) is 5.44. The summed E-state index contributed by atoms with van der Waals surface area (Å²) >= 11 is 0. The topological polar surface area (TPSA) is 64.7 Å². The van der Waals surface area contributed by atoms with Gasteiger partial charge in [-0.15, -0.1) is 0 Å². The molecule has 0 unspecified atom stereocenters. The molecule has 1 aliphatic heterocycles. The zero-order valence-corrected chi connectivity index (χ0v) is 24.1. The fraction of sp³-hybridized carbons (Fsp3) is 0.235. The number of benzene rings is 4. The Balaban J connectivity index is 1.23. The highest BCUT2D eigenvalue weighted by molar-refractivity contribution is 6.08. The lowest BCUT2D eigenvalue weighted by Crippen LogP contribution is -2.51. The number of carbonyl (C=O) groups is 2. The van der Waals surface area contributed by atoms with Gasteiger partial charge in [0.1, 0.15) is 5.82 Å². The van der Waals surface area contributed by atoms with Gasteiger partial charge < -0.3 is 15.5 Å². The first kappa shape index (κ1) is 30.6. The van der Waals surface area contributed by atoms with Crippen LogP contribution in [0.2, 0.25) is 0 Å². The molecule has 0 saturated carbocycles. The summed E-state index contributed by atoms with van der Waals surface area (Å²) in [4.78, 5) is 30.0. The number of rotatable bonds is 7. The van der Waals surface area contributed by atoms with Crippen LogP contribution in [0.1, 0.15) is 35.7 Å². The van der Waals surface area contributed by atoms with Crippen LogP contribution in [0.4, 0.5) is 39.4 Å². The SMILES string of the molecule is CCNC(=O)N(c1ccc(F)cc1)C1CCN(c2ccc(NC(=O)c3ccccc3-c3ccc(C(F)(F)F)cc3)cc2)CC1. The standard InChI is InChI=1S/C34H32F4N4O2/c1-2-39-33(44)42(28-15-11-25(35)12-16-28)29-19-21-41(22-20-29)27-17-13-26(14-18-27)40-32(43)31-6-4-3-5-30(31)23-7-9-24(10-8-23)34(36,37)38/h3-18,29H,2,19-22H2,1H3,(H,39,44)(H,40,43). The van der Waals surface area contributed by atoms with Gasteiger partial charge in [0, 0.05) is 48.3 Å². The monoisotopic (exact) mass is 604 g/mol. The van der Waals surface area contributed by atoms with E-state index in [9.17, 15) is 27.2 Å². The number of urea groups is 1. The Morgan fingerprint density at radius 3 is 2.11 bits per heavy atom. The van der Waals surface area contributed by atoms with Gasteiger partial charge in [-0.3, -0.25) is 9.69 Å². The number of halogens is 4. The Morgan fingerprint density at radius 2 is 1.50 bits per heavy atom. The molecule has 0 radical (unpaired) electrons. The predicted octanol–water partition coefficient (Wildman–Crippen LogP) is 7.97. The molecule has 44 heavy (non-hydrogen) atoms. The van der Waals surface area contributed by atoms with Crippen LogP contribution in [0, 0.1) is 5.82 Å². The van der Waals surface area contributed by atoms with Crippen molar-refractivity contribution in [3.63, 3.8) is 0 Å². The third-order valence-electron chi connectivity index (χ3n) is 7.67. The fourth-order valence-corrected chi connectivity index (χ4v) is 5.44. The third kappa shape index (κ3) is 7.02. The van der Waals surface area contributed by atoms with Crippen molar-refractivity contribution in [3.05, 3.63) is 114 Å². The van der Waals surface area contributed by atoms with Crippen LogP contribution in [-0.2, 0) is 6.18 Å². The van der Waals surface area contributed by atoms with Crippen LogP contribution in [0.25, 0.3) is 11.1 Å². The van der Waals surface area contributed by atoms with E-state index in [1.807, 2.05) is 19.1 Å². The molecule has 10 heteroatoms. The number of hydrogen-bond acceptors (Lipinski definition) is 3. The van der Waals surface area contributed by atoms with Crippen LogP contribution in [0.15, 0.2) is 97.1 Å². The van der Waals surface area contributed by atoms with E-state index in [4.69, 9.17) is 0 Å². The van der Waals surface area contributed by atoms with Crippen molar-refractivity contribution in [2.24, 2.45) is 0 Å². The summed E-state index contributed by atoms with van der Waals surface area (Å²) in [7, 11) is 0. The first-order valence-corrected chi connectivity index (χ1v) is 14.4. The van der Waals surface area contributed by atoms with E-state index in [0.717, 1.165) is 17.8 Å². The average molecular weight is 605 g/mol. The zero-order chi connectivity index (χ0) is 31.3. The lowest BCUT2D eigenvalue weighted by molar-refractivity contribution is -0.137. The lowest BCUT2D eigenvalue weighted by Gasteiger charge is -2.39. The number of nitrogens with zero attached hydrogens (tertiary/aromatic N) is 2. The maximum atomic E-state index is 13.5. The van der Waals surface area contributed by atoms with E-state index in [1.54, 1.807) is 53.4 Å². The van der Waals surface area contributed by atoms with Gasteiger partial charge in [0.05, 0.1) is 5.56 Å². The molecule has 0 atom stereocenters. The summed E-state index contributed by atoms with van der Waals surface area (Å²) in [5, 5.41) is 5.74. The summed E-state index contributed by atoms with van der Waals surface area (Å²) in [6.07, 6.45) is -3.01. The normalized spacial score (nSPS) is 13.8. The minimum Gasteiger partial charge on any atom is -0.371 e. The summed E-state index contributed by atoms with van der Waals surface area (Å²) in [6, 6.07) is 24.6. The Hall–Kier alpha value is -4.86. The van der Waals surface area contributed by atoms with Crippen molar-refractivity contribution in [3.8, 4) is 11.1 Å². The van der Waals surface area contributed by atoms with Gasteiger partial charge in [-0.1, -0.05) is 30.3 Å². The van der Waals surface area contributed by atoms with E-state index in [-0.39, 0.29) is 23.8 Å². The molecule has 5 rings (SSSR count). The number of alkyl halides is 3. The van der Waals surface area contributed by atoms with Crippen molar-refractivity contribution in [2.75, 3.05) is 34.8 Å². The van der Waals surface area contributed by atoms with Gasteiger partial charge in [0.25, 0.3) is 5.91 Å². The van der Waals surface area contributed by atoms with E-state index in [2.05, 4.69) is 15.5 Å². The highest BCUT2D eigenvalue weighted by Gasteiger charge is 2.31. The second-order valence-electron chi connectivity index (χ2n) is 10.5. The van der Waals surface area contributed by atoms with Crippen molar-refractivity contribution in [1.82, 2.24) is 5.32 Å². The number of hydrogen-bond donors (Lipinski definition) is 2. The molecule has 1 fully saturated rings. The highest BCUT2D eigenvalue weighted by Crippen LogP contribution is 2.32. The molecular weight excluding hydrogens is 572 g/mol. The number of nitrogens with one attached hydrogen (secondary N) is 2. The molecule has 3 amide bonds. The van der Waals surface area contributed by atoms with E-state index >= 15 is 0 Å². The maximum absolute atomic E-state index is 13.5. The molecule has 1 aliphatic rings. The molecular formula is C34H32F4N4O2. The Morgan fingerprint density at radius 1 is 0.864 bits per heavy atom. The second kappa shape index (κ2) is 13.2. The van der Waals surface area contributed by atoms with Crippen molar-refractivity contribution >= 4 is 29.0 Å². The maximum Gasteiger partial charge on any atom is 0.416 e. The van der Waals surface area contributed by atoms with Gasteiger partial charge in [0.2, 0.25) is 0 Å². The van der Waals surface area contributed by atoms with Crippen LogP contribution >= 0.6 is 0 Å². The molecule has 0 aromatic heterocycles. The van der Waals surface area contributed by atoms with Gasteiger partial charge in [-0.05, 0) is 97.6 Å². The largest absolute Gasteiger partial charge is 0.416 e. The minimum atomic E-state index is -4.44. The van der Waals surface area contributed by atoms with E-state index in [1.165, 1.54) is 24.3 Å². The molecule has 1 heterocycles. The number of piperidine rings is 1. The molecule has 4 aromatic rings. The molecule has 6 nitrogen and oxygen atoms in total. The summed E-state index contributed by atoms with van der Waals surface area (Å²) < 4.78 is 52.5. The van der Waals surface area contributed by atoms with Crippen LogP contribution in [-0.4, -0.2) is 37.6 Å². The highest BCUT2D eigenvalue weighted by atomic mass is 19.4. The van der Waals surface area contributed by atoms with Crippen molar-refractivity contribution in [1.29, 1.82) is 0 Å². The molecule has 0 spiro atoms. The van der Waals surface area contributed by atoms with Gasteiger partial charge in [-0.2, -0.15) is 13.2 Å². The van der Waals surface area contributed by atoms with E-state index < -0.39 is 11.7 Å². The summed E-state index contributed by atoms with van der Waals surface area (Å²) in [5.74, 6) is -0.734. The molecule has 4 aromatic carbocycles. The van der Waals surface area contributed by atoms with Crippen LogP contribution in [0.3, 0.4) is 0 Å². The lowest BCUT2D eigenvalue weighted by atomic mass is 9.98. The number of carbonyl (C=O) groups excluding carboxylic acids is 2. The Bertz CT molecular complexity index is 1580. The quantitative estimate of drug-likeness (QED) is 0.210. The zero-order valence-electron chi connectivity index (χ0n) is 24.1. The van der Waals surface area contributed by atoms with Crippen molar-refractivity contribution < 1.29 is 27.2 Å². The van der Waals surface area contributed by atoms with Gasteiger partial charge in [-0.25, -0.2) is 9.18 Å². The minimum absolute atomic E-state index is 0.0495. The first-order chi connectivity index (χ1) is 21.1. The molecule has 2 N–H and O–H groups in total. The summed E-state index contributed by atoms with van der Waals surface area (Å²) in [6.45, 7) is 3.74. The number of amides is 3. The molecule has 1 saturated heterocycles. The van der Waals surface area contributed by atoms with Gasteiger partial charge in [0.15, 0.2) is 0 Å². The first-order valence-electron chi connectivity index (χ1n) is 14.4. The van der Waals surface area contributed by atoms with E-state index in [0.29, 0.717) is 60.5 Å². The van der Waals surface area contributed by atoms with Crippen LogP contribution in [0.5, 0.6) is 0 Å². The second-order valence-corrected chi connectivity index (χ2v) is 10.5. The van der Waals surface area contributed by atoms with Gasteiger partial charge >= 0.3 is 12.2 Å². The van der Waals surface area contributed by atoms with Crippen molar-refractivity contribution in [2.45, 2.75) is 32.0 Å². The predicted molar refractivity (Wildman–Crippen MR) is 164 cm³/mol. The smallest absolute Gasteiger partial charge is 0.371 e. The number of anilines is 3.